The smallest absolute Gasteiger partial charge is 0.357 e. The van der Waals surface area contributed by atoms with Crippen LogP contribution in [0.15, 0.2) is 70.5 Å². The molecular weight excluding hydrogens is 426 g/mol. The first kappa shape index (κ1) is 20.2. The van der Waals surface area contributed by atoms with E-state index in [-0.39, 0.29) is 35.1 Å². The molecule has 3 aromatic carbocycles. The van der Waals surface area contributed by atoms with Gasteiger partial charge in [0.2, 0.25) is 0 Å². The minimum Gasteiger partial charge on any atom is -0.461 e. The number of hydrogen-bond donors (Lipinski definition) is 2. The number of aliphatic imine (C=N–C) groups is 1. The van der Waals surface area contributed by atoms with Crippen LogP contribution in [0, 0.1) is 10.1 Å². The number of anilines is 1. The molecule has 0 amide bonds. The lowest BCUT2D eigenvalue weighted by molar-refractivity contribution is -0.384. The van der Waals surface area contributed by atoms with Gasteiger partial charge in [-0.2, -0.15) is 0 Å². The summed E-state index contributed by atoms with van der Waals surface area (Å²) in [5, 5.41) is 19.0. The van der Waals surface area contributed by atoms with Crippen molar-refractivity contribution in [1.82, 2.24) is 9.78 Å². The highest BCUT2D eigenvalue weighted by atomic mass is 16.6. The fourth-order valence-electron chi connectivity index (χ4n) is 3.85. The summed E-state index contributed by atoms with van der Waals surface area (Å²) >= 11 is 0. The molecule has 0 bridgehead atoms. The van der Waals surface area contributed by atoms with Crippen molar-refractivity contribution in [1.29, 1.82) is 0 Å². The van der Waals surface area contributed by atoms with Crippen LogP contribution >= 0.6 is 0 Å². The Kier molecular flexibility index (Phi) is 4.74. The van der Waals surface area contributed by atoms with Gasteiger partial charge < -0.3 is 10.1 Å². The molecule has 0 atom stereocenters. The molecule has 0 spiro atoms. The van der Waals surface area contributed by atoms with Gasteiger partial charge in [-0.25, -0.2) is 14.5 Å². The van der Waals surface area contributed by atoms with Crippen LogP contribution in [0.3, 0.4) is 0 Å². The number of nitrogens with one attached hydrogen (secondary N) is 2. The van der Waals surface area contributed by atoms with Crippen molar-refractivity contribution in [2.75, 3.05) is 11.9 Å². The number of non-ortho nitro benzene ring substituents is 1. The number of H-pyrrole nitrogens is 1. The summed E-state index contributed by atoms with van der Waals surface area (Å²) in [7, 11) is 0. The zero-order valence-corrected chi connectivity index (χ0v) is 17.4. The van der Waals surface area contributed by atoms with E-state index in [1.54, 1.807) is 6.92 Å². The molecule has 0 saturated carbocycles. The van der Waals surface area contributed by atoms with Gasteiger partial charge in [-0.3, -0.25) is 20.0 Å². The Hall–Kier alpha value is -4.73. The summed E-state index contributed by atoms with van der Waals surface area (Å²) in [6.07, 6.45) is 0. The number of ether oxygens (including phenoxy) is 1. The van der Waals surface area contributed by atoms with Gasteiger partial charge in [-0.1, -0.05) is 30.3 Å². The monoisotopic (exact) mass is 443 g/mol. The number of esters is 1. The van der Waals surface area contributed by atoms with E-state index in [9.17, 15) is 19.7 Å². The largest absolute Gasteiger partial charge is 0.461 e. The minimum absolute atomic E-state index is 0.0218. The highest BCUT2D eigenvalue weighted by Gasteiger charge is 2.28. The molecule has 0 unspecified atom stereocenters. The molecular formula is C23H17N5O5. The first-order valence-corrected chi connectivity index (χ1v) is 10.1. The second kappa shape index (κ2) is 7.75. The molecule has 1 aliphatic heterocycles. The van der Waals surface area contributed by atoms with E-state index in [0.717, 1.165) is 21.1 Å². The number of aromatic amines is 1. The van der Waals surface area contributed by atoms with E-state index in [1.807, 2.05) is 36.4 Å². The quantitative estimate of drug-likeness (QED) is 0.273. The second-order valence-electron chi connectivity index (χ2n) is 7.27. The third kappa shape index (κ3) is 3.33. The number of carbonyl (C=O) groups is 1. The van der Waals surface area contributed by atoms with Gasteiger partial charge in [0.05, 0.1) is 22.9 Å². The summed E-state index contributed by atoms with van der Waals surface area (Å²) in [5.41, 5.74) is 0.667. The zero-order valence-electron chi connectivity index (χ0n) is 17.4. The second-order valence-corrected chi connectivity index (χ2v) is 7.27. The number of amidine groups is 1. The Morgan fingerprint density at radius 1 is 1.15 bits per heavy atom. The van der Waals surface area contributed by atoms with Gasteiger partial charge in [-0.15, -0.1) is 0 Å². The Morgan fingerprint density at radius 3 is 2.67 bits per heavy atom. The Balaban J connectivity index is 1.72. The molecule has 0 saturated heterocycles. The molecule has 0 radical (unpaired) electrons. The summed E-state index contributed by atoms with van der Waals surface area (Å²) in [4.78, 5) is 41.4. The van der Waals surface area contributed by atoms with Crippen LogP contribution in [0.2, 0.25) is 0 Å². The minimum atomic E-state index is -0.740. The van der Waals surface area contributed by atoms with Crippen molar-refractivity contribution in [3.05, 3.63) is 92.4 Å². The van der Waals surface area contributed by atoms with E-state index >= 15 is 0 Å². The van der Waals surface area contributed by atoms with Gasteiger partial charge in [0.25, 0.3) is 11.2 Å². The fourth-order valence-corrected chi connectivity index (χ4v) is 3.85. The molecule has 0 fully saturated rings. The fraction of sp³-hybridized carbons (Fsp3) is 0.0870. The molecule has 10 heteroatoms. The molecule has 10 nitrogen and oxygen atoms in total. The topological polar surface area (TPSA) is 132 Å². The van der Waals surface area contributed by atoms with Gasteiger partial charge in [0.15, 0.2) is 5.69 Å². The van der Waals surface area contributed by atoms with Gasteiger partial charge in [0.1, 0.15) is 11.4 Å². The van der Waals surface area contributed by atoms with Crippen LogP contribution in [0.4, 0.5) is 17.1 Å². The molecule has 5 rings (SSSR count). The lowest BCUT2D eigenvalue weighted by Gasteiger charge is -2.18. The summed E-state index contributed by atoms with van der Waals surface area (Å²) < 4.78 is 6.21. The summed E-state index contributed by atoms with van der Waals surface area (Å²) in [6, 6.07) is 16.9. The lowest BCUT2D eigenvalue weighted by atomic mass is 10.0. The molecule has 33 heavy (non-hydrogen) atoms. The summed E-state index contributed by atoms with van der Waals surface area (Å²) in [5.74, 6) is -0.565. The maximum atomic E-state index is 13.5. The van der Waals surface area contributed by atoms with Gasteiger partial charge >= 0.3 is 5.97 Å². The van der Waals surface area contributed by atoms with Crippen LogP contribution in [-0.4, -0.2) is 33.1 Å². The van der Waals surface area contributed by atoms with E-state index in [4.69, 9.17) is 4.74 Å². The molecule has 0 aliphatic carbocycles. The molecule has 4 aromatic rings. The Labute approximate surface area is 186 Å². The number of nitro groups is 1. The van der Waals surface area contributed by atoms with Crippen LogP contribution in [0.25, 0.3) is 16.5 Å². The SMILES string of the molecule is CCOC(=O)c1[nH]n(-c2cccc([N+](=O)[O-])c2)c(=O)c1C1=Nc2cccc3cccc(c23)N1. The van der Waals surface area contributed by atoms with E-state index in [2.05, 4.69) is 15.4 Å². The van der Waals surface area contributed by atoms with Crippen molar-refractivity contribution in [3.63, 3.8) is 0 Å². The summed E-state index contributed by atoms with van der Waals surface area (Å²) in [6.45, 7) is 1.75. The van der Waals surface area contributed by atoms with Crippen LogP contribution < -0.4 is 10.9 Å². The predicted octanol–water partition coefficient (Wildman–Crippen LogP) is 3.91. The van der Waals surface area contributed by atoms with Crippen LogP contribution in [0.1, 0.15) is 23.0 Å². The van der Waals surface area contributed by atoms with E-state index < -0.39 is 16.5 Å². The number of nitro benzene ring substituents is 1. The van der Waals surface area contributed by atoms with E-state index in [0.29, 0.717) is 5.69 Å². The van der Waals surface area contributed by atoms with Crippen molar-refractivity contribution >= 4 is 39.6 Å². The molecule has 1 aliphatic rings. The molecule has 1 aromatic heterocycles. The number of nitrogens with zero attached hydrogens (tertiary/aromatic N) is 3. The highest BCUT2D eigenvalue weighted by Crippen LogP contribution is 2.36. The lowest BCUT2D eigenvalue weighted by Crippen LogP contribution is -2.27. The standard InChI is InChI=1S/C23H17N5O5/c1-2-33-23(30)20-19(22(29)27(26-20)14-8-5-9-15(12-14)28(31)32)21-24-16-10-3-6-13-7-4-11-17(25-21)18(13)16/h3-12,26H,2H2,1H3,(H,24,25). The van der Waals surface area contributed by atoms with Crippen molar-refractivity contribution in [2.45, 2.75) is 6.92 Å². The van der Waals surface area contributed by atoms with Crippen molar-refractivity contribution in [3.8, 4) is 5.69 Å². The Morgan fingerprint density at radius 2 is 1.91 bits per heavy atom. The zero-order chi connectivity index (χ0) is 23.1. The maximum Gasteiger partial charge on any atom is 0.357 e. The van der Waals surface area contributed by atoms with Crippen LogP contribution in [-0.2, 0) is 4.74 Å². The average Bonchev–Trinajstić information content (AvgIpc) is 3.17. The number of aromatic nitrogens is 2. The predicted molar refractivity (Wildman–Crippen MR) is 123 cm³/mol. The first-order chi connectivity index (χ1) is 16.0. The third-order valence-electron chi connectivity index (χ3n) is 5.27. The molecule has 2 N–H and O–H groups in total. The number of benzene rings is 3. The van der Waals surface area contributed by atoms with Crippen molar-refractivity contribution < 1.29 is 14.5 Å². The van der Waals surface area contributed by atoms with E-state index in [1.165, 1.54) is 24.3 Å². The van der Waals surface area contributed by atoms with Gasteiger partial charge in [-0.05, 0) is 30.5 Å². The highest BCUT2D eigenvalue weighted by molar-refractivity contribution is 6.21. The average molecular weight is 443 g/mol. The van der Waals surface area contributed by atoms with Gasteiger partial charge in [0, 0.05) is 23.2 Å². The Bertz CT molecular complexity index is 1530. The number of hydrogen-bond acceptors (Lipinski definition) is 7. The third-order valence-corrected chi connectivity index (χ3v) is 5.27. The van der Waals surface area contributed by atoms with Crippen LogP contribution in [0.5, 0.6) is 0 Å². The maximum absolute atomic E-state index is 13.5. The van der Waals surface area contributed by atoms with Crippen molar-refractivity contribution in [2.24, 2.45) is 4.99 Å². The normalized spacial score (nSPS) is 12.2. The molecule has 2 heterocycles. The molecule has 164 valence electrons. The number of carbonyl (C=O) groups excluding carboxylic acids is 1. The number of rotatable bonds is 5. The first-order valence-electron chi connectivity index (χ1n) is 10.1.